The maximum atomic E-state index is 13.1. The van der Waals surface area contributed by atoms with Crippen molar-refractivity contribution in [3.63, 3.8) is 0 Å². The summed E-state index contributed by atoms with van der Waals surface area (Å²) in [6, 6.07) is 19.8. The van der Waals surface area contributed by atoms with Crippen molar-refractivity contribution in [3.05, 3.63) is 94.3 Å². The first kappa shape index (κ1) is 22.4. The van der Waals surface area contributed by atoms with Gasteiger partial charge in [-0.05, 0) is 48.2 Å². The van der Waals surface area contributed by atoms with Crippen LogP contribution in [0.2, 0.25) is 0 Å². The van der Waals surface area contributed by atoms with Crippen LogP contribution in [0.15, 0.2) is 60.7 Å². The van der Waals surface area contributed by atoms with E-state index in [0.717, 1.165) is 41.1 Å². The van der Waals surface area contributed by atoms with Crippen LogP contribution in [0.25, 0.3) is 0 Å². The van der Waals surface area contributed by atoms with E-state index in [-0.39, 0.29) is 18.2 Å². The minimum absolute atomic E-state index is 0.0441. The van der Waals surface area contributed by atoms with Crippen LogP contribution in [-0.2, 0) is 37.3 Å². The fourth-order valence-corrected chi connectivity index (χ4v) is 4.78. The third kappa shape index (κ3) is 4.77. The second-order valence-corrected chi connectivity index (χ2v) is 9.12. The van der Waals surface area contributed by atoms with Crippen molar-refractivity contribution >= 4 is 6.03 Å². The monoisotopic (exact) mass is 457 g/mol. The van der Waals surface area contributed by atoms with E-state index in [4.69, 9.17) is 14.5 Å². The molecule has 34 heavy (non-hydrogen) atoms. The van der Waals surface area contributed by atoms with Crippen LogP contribution in [0.3, 0.4) is 0 Å². The van der Waals surface area contributed by atoms with Gasteiger partial charge in [0.25, 0.3) is 0 Å². The number of benzene rings is 2. The number of pyridine rings is 1. The summed E-state index contributed by atoms with van der Waals surface area (Å²) < 4.78 is 12.1. The van der Waals surface area contributed by atoms with Gasteiger partial charge in [0.05, 0.1) is 24.4 Å². The number of urea groups is 1. The molecule has 2 aliphatic rings. The van der Waals surface area contributed by atoms with Gasteiger partial charge in [-0.2, -0.15) is 0 Å². The Morgan fingerprint density at radius 1 is 1.12 bits per heavy atom. The Balaban J connectivity index is 1.36. The molecule has 6 nitrogen and oxygen atoms in total. The molecular weight excluding hydrogens is 426 g/mol. The summed E-state index contributed by atoms with van der Waals surface area (Å²) in [5.74, 6) is 0.839. The maximum Gasteiger partial charge on any atom is 0.318 e. The minimum Gasteiger partial charge on any atom is -0.487 e. The van der Waals surface area contributed by atoms with Crippen molar-refractivity contribution in [2.75, 3.05) is 6.54 Å². The number of carbonyl (C=O) groups is 1. The van der Waals surface area contributed by atoms with Gasteiger partial charge < -0.3 is 19.7 Å². The fourth-order valence-electron chi connectivity index (χ4n) is 4.78. The summed E-state index contributed by atoms with van der Waals surface area (Å²) in [5.41, 5.74) is 6.68. The average molecular weight is 458 g/mol. The Morgan fingerprint density at radius 2 is 1.85 bits per heavy atom. The molecule has 0 aliphatic carbocycles. The number of carbonyl (C=O) groups excluding carboxylic acids is 1. The zero-order chi connectivity index (χ0) is 23.5. The molecule has 0 radical (unpaired) electrons. The summed E-state index contributed by atoms with van der Waals surface area (Å²) in [6.07, 6.45) is 1.67. The van der Waals surface area contributed by atoms with E-state index < -0.39 is 0 Å². The molecule has 0 saturated heterocycles. The van der Waals surface area contributed by atoms with E-state index in [1.54, 1.807) is 0 Å². The SMILES string of the molecule is CC1Cc2c(COc3ccccc3)nc3c(c2CO1)CN(C(=O)N[C@@H](C)c1ccccc1)CC3. The van der Waals surface area contributed by atoms with Gasteiger partial charge in [-0.25, -0.2) is 4.79 Å². The van der Waals surface area contributed by atoms with Crippen molar-refractivity contribution in [1.29, 1.82) is 0 Å². The Bertz CT molecular complexity index is 1150. The van der Waals surface area contributed by atoms with Gasteiger partial charge in [-0.15, -0.1) is 0 Å². The van der Waals surface area contributed by atoms with Gasteiger partial charge in [0, 0.05) is 31.6 Å². The molecule has 0 bridgehead atoms. The Hall–Kier alpha value is -3.38. The fraction of sp³-hybridized carbons (Fsp3) is 0.357. The number of para-hydroxylation sites is 1. The number of rotatable bonds is 5. The lowest BCUT2D eigenvalue weighted by molar-refractivity contribution is 0.0389. The number of aromatic nitrogens is 1. The molecule has 0 spiro atoms. The third-order valence-corrected chi connectivity index (χ3v) is 6.71. The predicted octanol–water partition coefficient (Wildman–Crippen LogP) is 4.95. The van der Waals surface area contributed by atoms with E-state index in [2.05, 4.69) is 12.2 Å². The maximum absolute atomic E-state index is 13.1. The van der Waals surface area contributed by atoms with E-state index in [1.807, 2.05) is 72.5 Å². The molecule has 1 aromatic heterocycles. The van der Waals surface area contributed by atoms with Crippen LogP contribution in [-0.4, -0.2) is 28.6 Å². The van der Waals surface area contributed by atoms with Gasteiger partial charge in [0.15, 0.2) is 0 Å². The highest BCUT2D eigenvalue weighted by atomic mass is 16.5. The molecule has 2 aliphatic heterocycles. The Morgan fingerprint density at radius 3 is 2.62 bits per heavy atom. The van der Waals surface area contributed by atoms with Crippen molar-refractivity contribution in [2.45, 2.75) is 58.6 Å². The van der Waals surface area contributed by atoms with E-state index >= 15 is 0 Å². The molecule has 1 unspecified atom stereocenters. The zero-order valence-corrected chi connectivity index (χ0v) is 19.8. The predicted molar refractivity (Wildman–Crippen MR) is 130 cm³/mol. The number of nitrogens with zero attached hydrogens (tertiary/aromatic N) is 2. The van der Waals surface area contributed by atoms with Crippen LogP contribution in [0.4, 0.5) is 4.79 Å². The number of nitrogens with one attached hydrogen (secondary N) is 1. The van der Waals surface area contributed by atoms with Crippen molar-refractivity contribution in [2.24, 2.45) is 0 Å². The molecular formula is C28H31N3O3. The summed E-state index contributed by atoms with van der Waals surface area (Å²) in [7, 11) is 0. The van der Waals surface area contributed by atoms with E-state index in [1.165, 1.54) is 11.1 Å². The third-order valence-electron chi connectivity index (χ3n) is 6.71. The van der Waals surface area contributed by atoms with Gasteiger partial charge >= 0.3 is 6.03 Å². The van der Waals surface area contributed by atoms with Crippen LogP contribution in [0, 0.1) is 0 Å². The first-order valence-corrected chi connectivity index (χ1v) is 12.0. The largest absolute Gasteiger partial charge is 0.487 e. The van der Waals surface area contributed by atoms with Crippen molar-refractivity contribution in [3.8, 4) is 5.75 Å². The number of amides is 2. The van der Waals surface area contributed by atoms with Crippen molar-refractivity contribution in [1.82, 2.24) is 15.2 Å². The highest BCUT2D eigenvalue weighted by Crippen LogP contribution is 2.32. The van der Waals surface area contributed by atoms with Gasteiger partial charge in [-0.1, -0.05) is 48.5 Å². The lowest BCUT2D eigenvalue weighted by Crippen LogP contribution is -2.44. The molecule has 5 rings (SSSR count). The number of ether oxygens (including phenoxy) is 2. The lowest BCUT2D eigenvalue weighted by Gasteiger charge is -2.34. The number of fused-ring (bicyclic) bond motifs is 3. The Kier molecular flexibility index (Phi) is 6.50. The molecule has 0 saturated carbocycles. The van der Waals surface area contributed by atoms with Gasteiger partial charge in [0.1, 0.15) is 12.4 Å². The van der Waals surface area contributed by atoms with E-state index in [9.17, 15) is 4.79 Å². The number of hydrogen-bond acceptors (Lipinski definition) is 4. The van der Waals surface area contributed by atoms with Crippen LogP contribution >= 0.6 is 0 Å². The van der Waals surface area contributed by atoms with Gasteiger partial charge in [-0.3, -0.25) is 4.98 Å². The minimum atomic E-state index is -0.0520. The second kappa shape index (κ2) is 9.85. The van der Waals surface area contributed by atoms with Crippen LogP contribution in [0.5, 0.6) is 5.75 Å². The molecule has 2 amide bonds. The molecule has 0 fully saturated rings. The molecule has 176 valence electrons. The standard InChI is InChI=1S/C28H31N3O3/c1-19-15-23-25(17-33-19)24-16-31(28(32)29-20(2)21-9-5-3-6-10-21)14-13-26(24)30-27(23)18-34-22-11-7-4-8-12-22/h3-12,19-20H,13-18H2,1-2H3,(H,29,32)/t19?,20-/m0/s1. The first-order valence-electron chi connectivity index (χ1n) is 12.0. The normalized spacial score (nSPS) is 17.9. The van der Waals surface area contributed by atoms with Crippen LogP contribution in [0.1, 0.15) is 53.5 Å². The summed E-state index contributed by atoms with van der Waals surface area (Å²) >= 11 is 0. The molecule has 2 aromatic carbocycles. The zero-order valence-electron chi connectivity index (χ0n) is 19.8. The second-order valence-electron chi connectivity index (χ2n) is 9.12. The van der Waals surface area contributed by atoms with E-state index in [0.29, 0.717) is 26.3 Å². The van der Waals surface area contributed by atoms with Gasteiger partial charge in [0.2, 0.25) is 0 Å². The summed E-state index contributed by atoms with van der Waals surface area (Å²) in [6.45, 7) is 6.29. The first-order chi connectivity index (χ1) is 16.6. The quantitative estimate of drug-likeness (QED) is 0.589. The molecule has 3 aromatic rings. The molecule has 6 heteroatoms. The highest BCUT2D eigenvalue weighted by molar-refractivity contribution is 5.75. The molecule has 2 atom stereocenters. The highest BCUT2D eigenvalue weighted by Gasteiger charge is 2.30. The van der Waals surface area contributed by atoms with Crippen LogP contribution < -0.4 is 10.1 Å². The topological polar surface area (TPSA) is 63.7 Å². The van der Waals surface area contributed by atoms with Crippen molar-refractivity contribution < 1.29 is 14.3 Å². The summed E-state index contributed by atoms with van der Waals surface area (Å²) in [5, 5.41) is 3.15. The lowest BCUT2D eigenvalue weighted by atomic mass is 9.90. The smallest absolute Gasteiger partial charge is 0.318 e. The molecule has 1 N–H and O–H groups in total. The Labute approximate surface area is 200 Å². The number of hydrogen-bond donors (Lipinski definition) is 1. The molecule has 3 heterocycles. The average Bonchev–Trinajstić information content (AvgIpc) is 2.88. The summed E-state index contributed by atoms with van der Waals surface area (Å²) in [4.78, 5) is 20.0.